The number of nitrogens with one attached hydrogen (secondary N) is 2. The molecule has 0 fully saturated rings. The summed E-state index contributed by atoms with van der Waals surface area (Å²) in [6.07, 6.45) is 1.51. The number of carbonyl (C=O) groups excluding carboxylic acids is 1. The van der Waals surface area contributed by atoms with Crippen molar-refractivity contribution in [3.05, 3.63) is 68.5 Å². The number of hydrogen-bond acceptors (Lipinski definition) is 6. The van der Waals surface area contributed by atoms with Crippen LogP contribution in [0.3, 0.4) is 0 Å². The SMILES string of the molecule is COc1ccc(C)cc1[C@@H](C)NC(=O)c1sc2nc(-c3ccco3)[nH]c(=O)c2c1C. The van der Waals surface area contributed by atoms with Crippen LogP contribution in [0, 0.1) is 13.8 Å². The van der Waals surface area contributed by atoms with Gasteiger partial charge in [-0.2, -0.15) is 0 Å². The molecular weight excluding hydrogens is 402 g/mol. The maximum Gasteiger partial charge on any atom is 0.262 e. The minimum atomic E-state index is -0.299. The average molecular weight is 423 g/mol. The number of nitrogens with zero attached hydrogens (tertiary/aromatic N) is 1. The number of methoxy groups -OCH3 is 1. The predicted molar refractivity (Wildman–Crippen MR) is 116 cm³/mol. The summed E-state index contributed by atoms with van der Waals surface area (Å²) in [6.45, 7) is 5.65. The molecule has 1 atom stereocenters. The molecule has 0 spiro atoms. The minimum Gasteiger partial charge on any atom is -0.496 e. The highest BCUT2D eigenvalue weighted by Gasteiger charge is 2.22. The van der Waals surface area contributed by atoms with Gasteiger partial charge in [0.2, 0.25) is 0 Å². The number of hydrogen-bond donors (Lipinski definition) is 2. The van der Waals surface area contributed by atoms with E-state index in [4.69, 9.17) is 9.15 Å². The monoisotopic (exact) mass is 423 g/mol. The number of fused-ring (bicyclic) bond motifs is 1. The topological polar surface area (TPSA) is 97.2 Å². The molecule has 0 saturated carbocycles. The molecule has 7 nitrogen and oxygen atoms in total. The number of aromatic amines is 1. The first-order chi connectivity index (χ1) is 14.4. The van der Waals surface area contributed by atoms with Crippen molar-refractivity contribution < 1.29 is 13.9 Å². The van der Waals surface area contributed by atoms with E-state index >= 15 is 0 Å². The second kappa shape index (κ2) is 7.79. The van der Waals surface area contributed by atoms with Gasteiger partial charge in [0.25, 0.3) is 11.5 Å². The Labute approximate surface area is 176 Å². The van der Waals surface area contributed by atoms with Gasteiger partial charge in [0, 0.05) is 5.56 Å². The van der Waals surface area contributed by atoms with Crippen molar-refractivity contribution in [2.45, 2.75) is 26.8 Å². The van der Waals surface area contributed by atoms with Crippen LogP contribution in [0.4, 0.5) is 0 Å². The number of carbonyl (C=O) groups is 1. The van der Waals surface area contributed by atoms with Crippen LogP contribution in [-0.4, -0.2) is 23.0 Å². The lowest BCUT2D eigenvalue weighted by Gasteiger charge is -2.18. The lowest BCUT2D eigenvalue weighted by Crippen LogP contribution is -2.26. The number of H-pyrrole nitrogens is 1. The van der Waals surface area contributed by atoms with E-state index in [0.717, 1.165) is 11.1 Å². The zero-order valence-electron chi connectivity index (χ0n) is 17.0. The third-order valence-electron chi connectivity index (χ3n) is 4.96. The number of aryl methyl sites for hydroxylation is 2. The summed E-state index contributed by atoms with van der Waals surface area (Å²) in [5.41, 5.74) is 2.27. The van der Waals surface area contributed by atoms with E-state index in [1.165, 1.54) is 17.6 Å². The molecule has 0 saturated heterocycles. The lowest BCUT2D eigenvalue weighted by molar-refractivity contribution is 0.0943. The van der Waals surface area contributed by atoms with Gasteiger partial charge in [-0.15, -0.1) is 11.3 Å². The Morgan fingerprint density at radius 1 is 1.30 bits per heavy atom. The van der Waals surface area contributed by atoms with Crippen LogP contribution in [0.5, 0.6) is 5.75 Å². The quantitative estimate of drug-likeness (QED) is 0.497. The van der Waals surface area contributed by atoms with Gasteiger partial charge in [-0.3, -0.25) is 9.59 Å². The van der Waals surface area contributed by atoms with Crippen LogP contribution < -0.4 is 15.6 Å². The summed E-state index contributed by atoms with van der Waals surface area (Å²) in [4.78, 5) is 33.8. The first kappa shape index (κ1) is 19.9. The van der Waals surface area contributed by atoms with Crippen molar-refractivity contribution in [2.24, 2.45) is 0 Å². The number of amides is 1. The number of rotatable bonds is 5. The second-order valence-electron chi connectivity index (χ2n) is 7.07. The molecule has 2 N–H and O–H groups in total. The molecule has 0 radical (unpaired) electrons. The molecule has 0 aliphatic heterocycles. The van der Waals surface area contributed by atoms with Crippen LogP contribution in [-0.2, 0) is 0 Å². The Hall–Kier alpha value is -3.39. The second-order valence-corrected chi connectivity index (χ2v) is 8.07. The summed E-state index contributed by atoms with van der Waals surface area (Å²) in [6, 6.07) is 9.00. The molecule has 4 rings (SSSR count). The number of furan rings is 1. The van der Waals surface area contributed by atoms with E-state index in [9.17, 15) is 9.59 Å². The summed E-state index contributed by atoms with van der Waals surface area (Å²) in [5, 5.41) is 3.43. The fourth-order valence-electron chi connectivity index (χ4n) is 3.42. The van der Waals surface area contributed by atoms with E-state index in [-0.39, 0.29) is 17.5 Å². The van der Waals surface area contributed by atoms with Crippen LogP contribution in [0.1, 0.15) is 39.3 Å². The number of benzene rings is 1. The molecule has 3 heterocycles. The van der Waals surface area contributed by atoms with Gasteiger partial charge in [-0.25, -0.2) is 4.98 Å². The van der Waals surface area contributed by atoms with Crippen LogP contribution in [0.25, 0.3) is 21.8 Å². The summed E-state index contributed by atoms with van der Waals surface area (Å²) < 4.78 is 10.8. The fraction of sp³-hybridized carbons (Fsp3) is 0.227. The Morgan fingerprint density at radius 2 is 2.10 bits per heavy atom. The zero-order valence-corrected chi connectivity index (χ0v) is 17.8. The van der Waals surface area contributed by atoms with Gasteiger partial charge in [0.05, 0.1) is 29.7 Å². The highest BCUT2D eigenvalue weighted by atomic mass is 32.1. The first-order valence-corrected chi connectivity index (χ1v) is 10.2. The Kier molecular flexibility index (Phi) is 5.17. The molecule has 0 aliphatic carbocycles. The van der Waals surface area contributed by atoms with E-state index in [1.54, 1.807) is 26.2 Å². The molecule has 0 aliphatic rings. The minimum absolute atomic E-state index is 0.259. The average Bonchev–Trinajstić information content (AvgIpc) is 3.36. The zero-order chi connectivity index (χ0) is 21.4. The van der Waals surface area contributed by atoms with Crippen molar-refractivity contribution in [3.63, 3.8) is 0 Å². The molecule has 0 bridgehead atoms. The molecule has 0 unspecified atom stereocenters. The third-order valence-corrected chi connectivity index (χ3v) is 6.15. The smallest absolute Gasteiger partial charge is 0.262 e. The van der Waals surface area contributed by atoms with Gasteiger partial charge in [-0.1, -0.05) is 17.7 Å². The van der Waals surface area contributed by atoms with Crippen molar-refractivity contribution in [1.29, 1.82) is 0 Å². The van der Waals surface area contributed by atoms with Gasteiger partial charge in [0.15, 0.2) is 11.6 Å². The molecule has 3 aromatic heterocycles. The number of thiophene rings is 1. The fourth-order valence-corrected chi connectivity index (χ4v) is 4.51. The van der Waals surface area contributed by atoms with Crippen LogP contribution in [0.2, 0.25) is 0 Å². The van der Waals surface area contributed by atoms with Gasteiger partial charge in [0.1, 0.15) is 10.6 Å². The normalized spacial score (nSPS) is 12.1. The van der Waals surface area contributed by atoms with Crippen LogP contribution in [0.15, 0.2) is 45.8 Å². The highest BCUT2D eigenvalue weighted by molar-refractivity contribution is 7.20. The Bertz CT molecular complexity index is 1290. The Balaban J connectivity index is 1.68. The van der Waals surface area contributed by atoms with Crippen molar-refractivity contribution >= 4 is 27.5 Å². The molecule has 154 valence electrons. The van der Waals surface area contributed by atoms with Crippen molar-refractivity contribution in [1.82, 2.24) is 15.3 Å². The molecule has 8 heteroatoms. The molecule has 1 amide bonds. The standard InChI is InChI=1S/C22H21N3O4S/c1-11-7-8-15(28-4)14(10-11)13(3)23-21(27)18-12(2)17-20(26)24-19(25-22(17)30-18)16-6-5-9-29-16/h5-10,13H,1-4H3,(H,23,27)(H,24,25,26)/t13-/m1/s1. The Morgan fingerprint density at radius 3 is 2.80 bits per heavy atom. The number of ether oxygens (including phenoxy) is 1. The first-order valence-electron chi connectivity index (χ1n) is 9.41. The van der Waals surface area contributed by atoms with Gasteiger partial charge >= 0.3 is 0 Å². The summed E-state index contributed by atoms with van der Waals surface area (Å²) in [5.74, 6) is 1.25. The van der Waals surface area contributed by atoms with E-state index in [1.807, 2.05) is 32.0 Å². The van der Waals surface area contributed by atoms with E-state index in [0.29, 0.717) is 38.0 Å². The largest absolute Gasteiger partial charge is 0.496 e. The van der Waals surface area contributed by atoms with Crippen molar-refractivity contribution in [2.75, 3.05) is 7.11 Å². The predicted octanol–water partition coefficient (Wildman–Crippen LogP) is 4.36. The number of aromatic nitrogens is 2. The van der Waals surface area contributed by atoms with E-state index in [2.05, 4.69) is 15.3 Å². The third kappa shape index (κ3) is 3.50. The lowest BCUT2D eigenvalue weighted by atomic mass is 10.0. The van der Waals surface area contributed by atoms with Gasteiger partial charge < -0.3 is 19.5 Å². The molecule has 4 aromatic rings. The van der Waals surface area contributed by atoms with E-state index < -0.39 is 0 Å². The highest BCUT2D eigenvalue weighted by Crippen LogP contribution is 2.30. The maximum absolute atomic E-state index is 13.0. The summed E-state index contributed by atoms with van der Waals surface area (Å²) in [7, 11) is 1.60. The maximum atomic E-state index is 13.0. The molecule has 30 heavy (non-hydrogen) atoms. The molecule has 1 aromatic carbocycles. The summed E-state index contributed by atoms with van der Waals surface area (Å²) >= 11 is 1.19. The van der Waals surface area contributed by atoms with Crippen molar-refractivity contribution in [3.8, 4) is 17.3 Å². The molecular formula is C22H21N3O4S. The van der Waals surface area contributed by atoms with Gasteiger partial charge in [-0.05, 0) is 44.5 Å². The van der Waals surface area contributed by atoms with Crippen LogP contribution >= 0.6 is 11.3 Å².